The van der Waals surface area contributed by atoms with E-state index in [0.717, 1.165) is 5.56 Å². The Kier molecular flexibility index (Phi) is 6.55. The van der Waals surface area contributed by atoms with Crippen LogP contribution in [0.3, 0.4) is 0 Å². The number of hydrogen-bond donors (Lipinski definition) is 0. The van der Waals surface area contributed by atoms with E-state index in [9.17, 15) is 9.59 Å². The van der Waals surface area contributed by atoms with Crippen molar-refractivity contribution in [3.63, 3.8) is 0 Å². The number of carbonyl (C=O) groups excluding carboxylic acids is 2. The van der Waals surface area contributed by atoms with Gasteiger partial charge in [0.25, 0.3) is 0 Å². The summed E-state index contributed by atoms with van der Waals surface area (Å²) >= 11 is 0. The monoisotopic (exact) mass is 338 g/mol. The Morgan fingerprint density at radius 1 is 1.28 bits per heavy atom. The number of nitriles is 1. The molecule has 0 bridgehead atoms. The van der Waals surface area contributed by atoms with Gasteiger partial charge < -0.3 is 14.1 Å². The minimum atomic E-state index is -0.410. The van der Waals surface area contributed by atoms with E-state index in [1.165, 1.54) is 13.2 Å². The van der Waals surface area contributed by atoms with Gasteiger partial charge in [-0.1, -0.05) is 12.1 Å². The molecular formula is C19H18N2O4. The molecule has 0 unspecified atom stereocenters. The van der Waals surface area contributed by atoms with Gasteiger partial charge in [0.05, 0.1) is 38.0 Å². The zero-order valence-corrected chi connectivity index (χ0v) is 13.8. The van der Waals surface area contributed by atoms with E-state index in [2.05, 4.69) is 4.74 Å². The third-order valence-electron chi connectivity index (χ3n) is 3.48. The lowest BCUT2D eigenvalue weighted by Crippen LogP contribution is -2.29. The Balaban J connectivity index is 2.04. The van der Waals surface area contributed by atoms with Crippen LogP contribution in [0.4, 0.5) is 0 Å². The van der Waals surface area contributed by atoms with Gasteiger partial charge in [-0.05, 0) is 35.9 Å². The van der Waals surface area contributed by atoms with E-state index in [1.807, 2.05) is 6.07 Å². The van der Waals surface area contributed by atoms with E-state index in [0.29, 0.717) is 24.4 Å². The van der Waals surface area contributed by atoms with Crippen LogP contribution in [0.15, 0.2) is 53.2 Å². The molecule has 1 heterocycles. The van der Waals surface area contributed by atoms with E-state index in [1.54, 1.807) is 53.6 Å². The van der Waals surface area contributed by atoms with Crippen LogP contribution < -0.4 is 0 Å². The summed E-state index contributed by atoms with van der Waals surface area (Å²) in [5.41, 5.74) is 1.22. The number of ether oxygens (including phenoxy) is 1. The van der Waals surface area contributed by atoms with Crippen LogP contribution in [-0.4, -0.2) is 30.4 Å². The highest BCUT2D eigenvalue weighted by atomic mass is 16.5. The molecule has 0 saturated carbocycles. The first-order chi connectivity index (χ1) is 12.1. The summed E-state index contributed by atoms with van der Waals surface area (Å²) in [6.45, 7) is 0.626. The van der Waals surface area contributed by atoms with Gasteiger partial charge in [0.1, 0.15) is 5.76 Å². The summed E-state index contributed by atoms with van der Waals surface area (Å²) in [4.78, 5) is 25.3. The Hall–Kier alpha value is -3.33. The lowest BCUT2D eigenvalue weighted by molar-refractivity contribution is -0.126. The fraction of sp³-hybridized carbons (Fsp3) is 0.211. The molecule has 128 valence electrons. The maximum Gasteiger partial charge on any atom is 0.337 e. The molecule has 2 aromatic rings. The van der Waals surface area contributed by atoms with Crippen molar-refractivity contribution in [2.45, 2.75) is 13.0 Å². The second-order valence-electron chi connectivity index (χ2n) is 5.19. The van der Waals surface area contributed by atoms with Crippen LogP contribution in [0.25, 0.3) is 6.08 Å². The molecule has 0 aliphatic heterocycles. The van der Waals surface area contributed by atoms with Crippen molar-refractivity contribution in [3.8, 4) is 6.07 Å². The van der Waals surface area contributed by atoms with E-state index < -0.39 is 5.97 Å². The Labute approximate surface area is 145 Å². The summed E-state index contributed by atoms with van der Waals surface area (Å²) in [7, 11) is 1.32. The molecule has 6 heteroatoms. The molecule has 0 aliphatic rings. The van der Waals surface area contributed by atoms with Crippen LogP contribution in [-0.2, 0) is 16.1 Å². The van der Waals surface area contributed by atoms with Gasteiger partial charge in [0.2, 0.25) is 5.91 Å². The number of nitrogens with zero attached hydrogens (tertiary/aromatic N) is 2. The molecular weight excluding hydrogens is 320 g/mol. The number of methoxy groups -OCH3 is 1. The molecule has 0 N–H and O–H groups in total. The van der Waals surface area contributed by atoms with Crippen molar-refractivity contribution >= 4 is 18.0 Å². The van der Waals surface area contributed by atoms with E-state index >= 15 is 0 Å². The first-order valence-electron chi connectivity index (χ1n) is 7.68. The predicted octanol–water partition coefficient (Wildman–Crippen LogP) is 3.02. The number of carbonyl (C=O) groups is 2. The maximum atomic E-state index is 12.4. The lowest BCUT2D eigenvalue weighted by Gasteiger charge is -2.18. The number of furan rings is 1. The molecule has 1 amide bonds. The zero-order chi connectivity index (χ0) is 18.1. The number of amides is 1. The minimum absolute atomic E-state index is 0.219. The SMILES string of the molecule is COC(=O)c1ccc(C=CC(=O)N(CCC#N)Cc2ccco2)cc1. The standard InChI is InChI=1S/C19H18N2O4/c1-24-19(23)16-8-5-15(6-9-16)7-10-18(22)21(12-3-11-20)14-17-4-2-13-25-17/h2,4-10,13H,3,12,14H2,1H3. The molecule has 1 aromatic heterocycles. The summed E-state index contributed by atoms with van der Waals surface area (Å²) in [5, 5.41) is 8.75. The van der Waals surface area contributed by atoms with Gasteiger partial charge >= 0.3 is 5.97 Å². The lowest BCUT2D eigenvalue weighted by atomic mass is 10.1. The first-order valence-corrected chi connectivity index (χ1v) is 7.68. The molecule has 1 aromatic carbocycles. The smallest absolute Gasteiger partial charge is 0.337 e. The van der Waals surface area contributed by atoms with Crippen LogP contribution in [0.2, 0.25) is 0 Å². The average Bonchev–Trinajstić information content (AvgIpc) is 3.16. The topological polar surface area (TPSA) is 83.5 Å². The largest absolute Gasteiger partial charge is 0.467 e. The molecule has 25 heavy (non-hydrogen) atoms. The van der Waals surface area contributed by atoms with Crippen LogP contribution in [0.5, 0.6) is 0 Å². The number of esters is 1. The van der Waals surface area contributed by atoms with E-state index in [-0.39, 0.29) is 12.3 Å². The van der Waals surface area contributed by atoms with Crippen LogP contribution >= 0.6 is 0 Å². The molecule has 2 rings (SSSR count). The van der Waals surface area contributed by atoms with Gasteiger partial charge in [0, 0.05) is 12.6 Å². The summed E-state index contributed by atoms with van der Waals surface area (Å²) in [6.07, 6.45) is 4.88. The van der Waals surface area contributed by atoms with Gasteiger partial charge in [0.15, 0.2) is 0 Å². The van der Waals surface area contributed by atoms with Crippen molar-refractivity contribution in [2.24, 2.45) is 0 Å². The quantitative estimate of drug-likeness (QED) is 0.572. The third-order valence-corrected chi connectivity index (χ3v) is 3.48. The average molecular weight is 338 g/mol. The highest BCUT2D eigenvalue weighted by Gasteiger charge is 2.12. The van der Waals surface area contributed by atoms with Crippen LogP contribution in [0.1, 0.15) is 28.1 Å². The first kappa shape index (κ1) is 18.0. The van der Waals surface area contributed by atoms with Gasteiger partial charge in [-0.25, -0.2) is 4.79 Å². The predicted molar refractivity (Wildman–Crippen MR) is 91.2 cm³/mol. The van der Waals surface area contributed by atoms with Crippen molar-refractivity contribution in [2.75, 3.05) is 13.7 Å². The molecule has 0 aliphatic carbocycles. The Morgan fingerprint density at radius 2 is 2.04 bits per heavy atom. The van der Waals surface area contributed by atoms with Crippen molar-refractivity contribution in [3.05, 3.63) is 65.6 Å². The second kappa shape index (κ2) is 9.08. The van der Waals surface area contributed by atoms with Crippen molar-refractivity contribution in [1.29, 1.82) is 5.26 Å². The zero-order valence-electron chi connectivity index (χ0n) is 13.8. The minimum Gasteiger partial charge on any atom is -0.467 e. The number of rotatable bonds is 7. The summed E-state index contributed by atoms with van der Waals surface area (Å²) in [6, 6.07) is 12.3. The third kappa shape index (κ3) is 5.36. The van der Waals surface area contributed by atoms with Gasteiger partial charge in [-0.2, -0.15) is 5.26 Å². The van der Waals surface area contributed by atoms with Gasteiger partial charge in [-0.15, -0.1) is 0 Å². The highest BCUT2D eigenvalue weighted by Crippen LogP contribution is 2.10. The van der Waals surface area contributed by atoms with E-state index in [4.69, 9.17) is 9.68 Å². The van der Waals surface area contributed by atoms with Crippen LogP contribution in [0, 0.1) is 11.3 Å². The highest BCUT2D eigenvalue weighted by molar-refractivity contribution is 5.92. The molecule has 0 saturated heterocycles. The Bertz CT molecular complexity index is 771. The summed E-state index contributed by atoms with van der Waals surface area (Å²) < 4.78 is 9.90. The molecule has 0 radical (unpaired) electrons. The normalized spacial score (nSPS) is 10.4. The number of benzene rings is 1. The van der Waals surface area contributed by atoms with Crippen molar-refractivity contribution in [1.82, 2.24) is 4.90 Å². The maximum absolute atomic E-state index is 12.4. The number of hydrogen-bond acceptors (Lipinski definition) is 5. The van der Waals surface area contributed by atoms with Crippen molar-refractivity contribution < 1.29 is 18.7 Å². The fourth-order valence-electron chi connectivity index (χ4n) is 2.16. The molecule has 0 fully saturated rings. The summed E-state index contributed by atoms with van der Waals surface area (Å²) in [5.74, 6) is 0.0264. The fourth-order valence-corrected chi connectivity index (χ4v) is 2.16. The second-order valence-corrected chi connectivity index (χ2v) is 5.19. The molecule has 6 nitrogen and oxygen atoms in total. The molecule has 0 spiro atoms. The molecule has 0 atom stereocenters. The van der Waals surface area contributed by atoms with Gasteiger partial charge in [-0.3, -0.25) is 4.79 Å². The Morgan fingerprint density at radius 3 is 2.64 bits per heavy atom.